The fourth-order valence-electron chi connectivity index (χ4n) is 3.13. The fourth-order valence-corrected chi connectivity index (χ4v) is 3.13. The number of piperidine rings is 1. The lowest BCUT2D eigenvalue weighted by Crippen LogP contribution is -2.46. The van der Waals surface area contributed by atoms with Gasteiger partial charge in [0.2, 0.25) is 11.8 Å². The van der Waals surface area contributed by atoms with E-state index in [2.05, 4.69) is 10.3 Å². The number of carbonyl (C=O) groups is 2. The summed E-state index contributed by atoms with van der Waals surface area (Å²) in [5.41, 5.74) is 1.01. The number of para-hydroxylation sites is 2. The van der Waals surface area contributed by atoms with Crippen LogP contribution in [0, 0.1) is 5.92 Å². The van der Waals surface area contributed by atoms with Gasteiger partial charge in [0.15, 0.2) is 0 Å². The van der Waals surface area contributed by atoms with E-state index in [0.717, 1.165) is 12.8 Å². The van der Waals surface area contributed by atoms with E-state index in [-0.39, 0.29) is 29.8 Å². The van der Waals surface area contributed by atoms with Crippen molar-refractivity contribution >= 4 is 22.8 Å². The van der Waals surface area contributed by atoms with E-state index in [4.69, 9.17) is 0 Å². The first-order valence-corrected chi connectivity index (χ1v) is 8.04. The topological polar surface area (TPSA) is 84.3 Å². The Morgan fingerprint density at radius 3 is 2.92 bits per heavy atom. The maximum absolute atomic E-state index is 12.6. The zero-order valence-corrected chi connectivity index (χ0v) is 13.6. The Morgan fingerprint density at radius 1 is 1.33 bits per heavy atom. The quantitative estimate of drug-likeness (QED) is 0.883. The number of carbonyl (C=O) groups excluding carboxylic acids is 2. The van der Waals surface area contributed by atoms with E-state index in [1.54, 1.807) is 24.1 Å². The molecule has 3 rings (SSSR count). The third-order valence-electron chi connectivity index (χ3n) is 4.44. The molecule has 7 nitrogen and oxygen atoms in total. The van der Waals surface area contributed by atoms with E-state index in [1.807, 2.05) is 12.1 Å². The molecule has 0 saturated carbocycles. The molecule has 24 heavy (non-hydrogen) atoms. The summed E-state index contributed by atoms with van der Waals surface area (Å²) >= 11 is 0. The largest absolute Gasteiger partial charge is 0.359 e. The van der Waals surface area contributed by atoms with Crippen LogP contribution >= 0.6 is 0 Å². The van der Waals surface area contributed by atoms with Crippen LogP contribution in [0.25, 0.3) is 11.0 Å². The van der Waals surface area contributed by atoms with Crippen LogP contribution in [-0.4, -0.2) is 46.4 Å². The molecule has 2 heterocycles. The Balaban J connectivity index is 1.81. The average molecular weight is 328 g/mol. The van der Waals surface area contributed by atoms with Gasteiger partial charge in [0.05, 0.1) is 23.1 Å². The third-order valence-corrected chi connectivity index (χ3v) is 4.44. The summed E-state index contributed by atoms with van der Waals surface area (Å²) in [4.78, 5) is 42.3. The molecular formula is C17H20N4O3. The second-order valence-corrected chi connectivity index (χ2v) is 5.96. The maximum Gasteiger partial charge on any atom is 0.269 e. The van der Waals surface area contributed by atoms with Crippen LogP contribution in [-0.2, 0) is 16.1 Å². The standard InChI is InChI=1S/C17H20N4O3/c1-18-17(24)12-5-4-8-20(10-12)16(23)11-21-14-7-3-2-6-13(14)19-9-15(21)22/h2-3,6-7,9,12H,4-5,8,10-11H2,1H3,(H,18,24). The third kappa shape index (κ3) is 3.15. The Labute approximate surface area is 139 Å². The summed E-state index contributed by atoms with van der Waals surface area (Å²) in [6.07, 6.45) is 2.80. The van der Waals surface area contributed by atoms with Crippen molar-refractivity contribution in [3.63, 3.8) is 0 Å². The van der Waals surface area contributed by atoms with Gasteiger partial charge >= 0.3 is 0 Å². The lowest BCUT2D eigenvalue weighted by atomic mass is 9.97. The highest BCUT2D eigenvalue weighted by molar-refractivity contribution is 5.82. The molecule has 7 heteroatoms. The SMILES string of the molecule is CNC(=O)C1CCCN(C(=O)Cn2c(=O)cnc3ccccc32)C1. The van der Waals surface area contributed by atoms with E-state index >= 15 is 0 Å². The minimum atomic E-state index is -0.304. The Hall–Kier alpha value is -2.70. The second kappa shape index (κ2) is 6.82. The normalized spacial score (nSPS) is 17.7. The minimum absolute atomic E-state index is 0.0394. The van der Waals surface area contributed by atoms with Gasteiger partial charge in [-0.1, -0.05) is 12.1 Å². The molecule has 0 aliphatic carbocycles. The van der Waals surface area contributed by atoms with Gasteiger partial charge in [0, 0.05) is 20.1 Å². The van der Waals surface area contributed by atoms with E-state index < -0.39 is 0 Å². The molecule has 2 aromatic rings. The maximum atomic E-state index is 12.6. The van der Waals surface area contributed by atoms with Gasteiger partial charge in [-0.15, -0.1) is 0 Å². The lowest BCUT2D eigenvalue weighted by Gasteiger charge is -2.32. The molecule has 1 aliphatic heterocycles. The second-order valence-electron chi connectivity index (χ2n) is 5.96. The number of nitrogens with one attached hydrogen (secondary N) is 1. The zero-order valence-electron chi connectivity index (χ0n) is 13.6. The predicted octanol–water partition coefficient (Wildman–Crippen LogP) is 0.381. The highest BCUT2D eigenvalue weighted by Gasteiger charge is 2.28. The average Bonchev–Trinajstić information content (AvgIpc) is 2.63. The van der Waals surface area contributed by atoms with E-state index in [1.165, 1.54) is 10.8 Å². The minimum Gasteiger partial charge on any atom is -0.359 e. The van der Waals surface area contributed by atoms with Gasteiger partial charge in [-0.25, -0.2) is 4.98 Å². The number of fused-ring (bicyclic) bond motifs is 1. The van der Waals surface area contributed by atoms with Crippen LogP contribution in [0.1, 0.15) is 12.8 Å². The summed E-state index contributed by atoms with van der Waals surface area (Å²) in [6, 6.07) is 7.23. The number of likely N-dealkylation sites (tertiary alicyclic amines) is 1. The summed E-state index contributed by atoms with van der Waals surface area (Å²) in [5, 5.41) is 2.64. The summed E-state index contributed by atoms with van der Waals surface area (Å²) in [5.74, 6) is -0.375. The van der Waals surface area contributed by atoms with Crippen LogP contribution in [0.3, 0.4) is 0 Å². The van der Waals surface area contributed by atoms with Gasteiger partial charge in [0.1, 0.15) is 6.54 Å². The number of hydrogen-bond donors (Lipinski definition) is 1. The Kier molecular flexibility index (Phi) is 4.59. The number of benzene rings is 1. The van der Waals surface area contributed by atoms with Crippen LogP contribution in [0.15, 0.2) is 35.3 Å². The summed E-state index contributed by atoms with van der Waals surface area (Å²) in [6.45, 7) is 0.975. The van der Waals surface area contributed by atoms with Gasteiger partial charge < -0.3 is 10.2 Å². The van der Waals surface area contributed by atoms with Crippen molar-refractivity contribution in [1.82, 2.24) is 19.8 Å². The molecule has 1 saturated heterocycles. The first-order valence-electron chi connectivity index (χ1n) is 8.04. The molecule has 0 radical (unpaired) electrons. The first kappa shape index (κ1) is 16.2. The fraction of sp³-hybridized carbons (Fsp3) is 0.412. The van der Waals surface area contributed by atoms with Gasteiger partial charge in [0.25, 0.3) is 5.56 Å². The van der Waals surface area contributed by atoms with Crippen molar-refractivity contribution < 1.29 is 9.59 Å². The number of hydrogen-bond acceptors (Lipinski definition) is 4. The molecule has 1 atom stereocenters. The molecule has 126 valence electrons. The molecule has 0 spiro atoms. The summed E-state index contributed by atoms with van der Waals surface area (Å²) < 4.78 is 1.44. The molecule has 1 aromatic carbocycles. The highest BCUT2D eigenvalue weighted by atomic mass is 16.2. The van der Waals surface area contributed by atoms with E-state index in [0.29, 0.717) is 24.1 Å². The number of rotatable bonds is 3. The van der Waals surface area contributed by atoms with Crippen molar-refractivity contribution in [2.24, 2.45) is 5.92 Å². The van der Waals surface area contributed by atoms with Gasteiger partial charge in [-0.2, -0.15) is 0 Å². The number of amides is 2. The zero-order chi connectivity index (χ0) is 17.1. The molecule has 2 amide bonds. The number of nitrogens with zero attached hydrogens (tertiary/aromatic N) is 3. The summed E-state index contributed by atoms with van der Waals surface area (Å²) in [7, 11) is 1.60. The van der Waals surface area contributed by atoms with Crippen LogP contribution in [0.5, 0.6) is 0 Å². The van der Waals surface area contributed by atoms with Crippen molar-refractivity contribution in [3.05, 3.63) is 40.8 Å². The Bertz CT molecular complexity index is 830. The highest BCUT2D eigenvalue weighted by Crippen LogP contribution is 2.17. The van der Waals surface area contributed by atoms with Crippen LogP contribution < -0.4 is 10.9 Å². The Morgan fingerprint density at radius 2 is 2.12 bits per heavy atom. The van der Waals surface area contributed by atoms with Gasteiger partial charge in [-0.3, -0.25) is 19.0 Å². The number of aromatic nitrogens is 2. The van der Waals surface area contributed by atoms with Crippen molar-refractivity contribution in [3.8, 4) is 0 Å². The molecule has 1 N–H and O–H groups in total. The monoisotopic (exact) mass is 328 g/mol. The molecular weight excluding hydrogens is 308 g/mol. The molecule has 1 aromatic heterocycles. The smallest absolute Gasteiger partial charge is 0.269 e. The molecule has 1 fully saturated rings. The van der Waals surface area contributed by atoms with Crippen LogP contribution in [0.4, 0.5) is 0 Å². The van der Waals surface area contributed by atoms with E-state index in [9.17, 15) is 14.4 Å². The lowest BCUT2D eigenvalue weighted by molar-refractivity contribution is -0.136. The molecule has 0 bridgehead atoms. The van der Waals surface area contributed by atoms with Crippen LogP contribution in [0.2, 0.25) is 0 Å². The molecule has 1 unspecified atom stereocenters. The predicted molar refractivity (Wildman–Crippen MR) is 89.4 cm³/mol. The van der Waals surface area contributed by atoms with Gasteiger partial charge in [-0.05, 0) is 25.0 Å². The van der Waals surface area contributed by atoms with Crippen molar-refractivity contribution in [1.29, 1.82) is 0 Å². The van der Waals surface area contributed by atoms with Crippen molar-refractivity contribution in [2.45, 2.75) is 19.4 Å². The van der Waals surface area contributed by atoms with Crippen molar-refractivity contribution in [2.75, 3.05) is 20.1 Å². The molecule has 1 aliphatic rings. The first-order chi connectivity index (χ1) is 11.6.